The number of allylic oxidation sites excluding steroid dienone is 1. The molecule has 0 aromatic carbocycles. The highest BCUT2D eigenvalue weighted by molar-refractivity contribution is 6.87. The van der Waals surface area contributed by atoms with E-state index < -0.39 is 8.07 Å². The van der Waals surface area contributed by atoms with Crippen LogP contribution in [0.5, 0.6) is 5.88 Å². The first-order valence-electron chi connectivity index (χ1n) is 14.9. The number of aryl methyl sites for hydroxylation is 4. The van der Waals surface area contributed by atoms with Gasteiger partial charge in [0.1, 0.15) is 31.3 Å². The van der Waals surface area contributed by atoms with E-state index in [1.807, 2.05) is 13.1 Å². The van der Waals surface area contributed by atoms with Crippen LogP contribution in [0.2, 0.25) is 18.1 Å². The fraction of sp³-hybridized carbons (Fsp3) is 0.429. The van der Waals surface area contributed by atoms with E-state index in [-0.39, 0.29) is 10.6 Å². The average molecular weight is 576 g/mol. The van der Waals surface area contributed by atoms with Crippen LogP contribution in [0.4, 0.5) is 0 Å². The summed E-state index contributed by atoms with van der Waals surface area (Å²) in [7, 11) is 0.374. The standard InChI is InChI=1S/C35H41N5OSi/c1-22-18-27(14-17-42(8,9)34(4,5)6)36-20-28(22)31-30(29-24(3)37-21-38-32(29)40(31)7)25-12-15-35(16-13-25)19-26-11-10-23(2)39-33(26)41-35/h10-12,18,20-21H,13,15-16,19H2,1-9H3/t35-/m0/s1. The van der Waals surface area contributed by atoms with E-state index in [1.54, 1.807) is 6.33 Å². The van der Waals surface area contributed by atoms with Crippen molar-refractivity contribution in [2.24, 2.45) is 7.05 Å². The van der Waals surface area contributed by atoms with Gasteiger partial charge in [-0.25, -0.2) is 19.9 Å². The van der Waals surface area contributed by atoms with E-state index in [0.717, 1.165) is 76.5 Å². The zero-order chi connectivity index (χ0) is 30.0. The number of rotatable bonds is 2. The topological polar surface area (TPSA) is 65.7 Å². The van der Waals surface area contributed by atoms with Crippen LogP contribution in [0, 0.1) is 32.2 Å². The second-order valence-electron chi connectivity index (χ2n) is 13.8. The van der Waals surface area contributed by atoms with E-state index in [0.29, 0.717) is 0 Å². The van der Waals surface area contributed by atoms with E-state index in [9.17, 15) is 0 Å². The lowest BCUT2D eigenvalue weighted by Gasteiger charge is -2.32. The second kappa shape index (κ2) is 9.91. The van der Waals surface area contributed by atoms with E-state index in [2.05, 4.69) is 105 Å². The first-order chi connectivity index (χ1) is 19.8. The van der Waals surface area contributed by atoms with Crippen molar-refractivity contribution >= 4 is 24.7 Å². The Morgan fingerprint density at radius 3 is 2.55 bits per heavy atom. The molecule has 42 heavy (non-hydrogen) atoms. The number of ether oxygens (including phenoxy) is 1. The molecule has 1 aliphatic carbocycles. The number of nitrogens with zero attached hydrogens (tertiary/aromatic N) is 5. The zero-order valence-electron chi connectivity index (χ0n) is 26.4. The molecule has 2 aliphatic rings. The Labute approximate surface area is 250 Å². The molecule has 216 valence electrons. The highest BCUT2D eigenvalue weighted by atomic mass is 28.3. The van der Waals surface area contributed by atoms with Crippen molar-refractivity contribution in [2.45, 2.75) is 91.0 Å². The summed E-state index contributed by atoms with van der Waals surface area (Å²) in [5, 5.41) is 1.33. The van der Waals surface area contributed by atoms with Crippen molar-refractivity contribution in [3.8, 4) is 28.6 Å². The number of pyridine rings is 2. The Kier molecular flexibility index (Phi) is 6.69. The monoisotopic (exact) mass is 575 g/mol. The molecular formula is C35H41N5OSi. The summed E-state index contributed by atoms with van der Waals surface area (Å²) in [6.45, 7) is 17.8. The van der Waals surface area contributed by atoms with Gasteiger partial charge in [-0.3, -0.25) is 0 Å². The van der Waals surface area contributed by atoms with Gasteiger partial charge in [-0.1, -0.05) is 51.9 Å². The molecule has 0 saturated carbocycles. The van der Waals surface area contributed by atoms with Gasteiger partial charge < -0.3 is 9.30 Å². The van der Waals surface area contributed by atoms with Gasteiger partial charge in [0.05, 0.1) is 11.4 Å². The van der Waals surface area contributed by atoms with Crippen molar-refractivity contribution in [3.63, 3.8) is 0 Å². The maximum absolute atomic E-state index is 6.53. The molecule has 1 aliphatic heterocycles. The minimum absolute atomic E-state index is 0.208. The average Bonchev–Trinajstić information content (AvgIpc) is 3.42. The fourth-order valence-electron chi connectivity index (χ4n) is 6.04. The lowest BCUT2D eigenvalue weighted by molar-refractivity contribution is 0.0814. The van der Waals surface area contributed by atoms with Gasteiger partial charge in [0, 0.05) is 53.9 Å². The van der Waals surface area contributed by atoms with Crippen molar-refractivity contribution < 1.29 is 4.74 Å². The van der Waals surface area contributed by atoms with Gasteiger partial charge in [-0.2, -0.15) is 0 Å². The number of hydrogen-bond donors (Lipinski definition) is 0. The molecule has 0 N–H and O–H groups in total. The Hall–Kier alpha value is -3.76. The first kappa shape index (κ1) is 28.4. The van der Waals surface area contributed by atoms with Gasteiger partial charge in [0.15, 0.2) is 0 Å². The summed E-state index contributed by atoms with van der Waals surface area (Å²) in [5.41, 5.74) is 14.3. The Morgan fingerprint density at radius 1 is 1.07 bits per heavy atom. The second-order valence-corrected chi connectivity index (χ2v) is 18.8. The molecule has 0 amide bonds. The third-order valence-electron chi connectivity index (χ3n) is 9.70. The molecular weight excluding hydrogens is 535 g/mol. The van der Waals surface area contributed by atoms with Crippen molar-refractivity contribution in [2.75, 3.05) is 0 Å². The Balaban J connectivity index is 1.42. The van der Waals surface area contributed by atoms with Crippen LogP contribution in [-0.4, -0.2) is 38.2 Å². The lowest BCUT2D eigenvalue weighted by atomic mass is 9.80. The highest BCUT2D eigenvalue weighted by Crippen LogP contribution is 2.47. The molecule has 0 saturated heterocycles. The molecule has 0 fully saturated rings. The predicted molar refractivity (Wildman–Crippen MR) is 173 cm³/mol. The van der Waals surface area contributed by atoms with Gasteiger partial charge >= 0.3 is 0 Å². The minimum Gasteiger partial charge on any atom is -0.470 e. The first-order valence-corrected chi connectivity index (χ1v) is 17.9. The van der Waals surface area contributed by atoms with Crippen LogP contribution in [0.15, 0.2) is 36.8 Å². The van der Waals surface area contributed by atoms with E-state index >= 15 is 0 Å². The predicted octanol–water partition coefficient (Wildman–Crippen LogP) is 7.69. The molecule has 6 nitrogen and oxygen atoms in total. The molecule has 4 aromatic heterocycles. The third-order valence-corrected chi connectivity index (χ3v) is 14.2. The quantitative estimate of drug-likeness (QED) is 0.181. The van der Waals surface area contributed by atoms with Crippen LogP contribution in [0.25, 0.3) is 27.9 Å². The molecule has 1 spiro atoms. The SMILES string of the molecule is Cc1ccc2c(n1)O[C@]1(CC=C(c3c(-c4cnc(C#C[Si](C)(C)C(C)(C)C)cc4C)n(C)c4ncnc(C)c34)CC1)C2. The normalized spacial score (nSPS) is 18.5. The van der Waals surface area contributed by atoms with Gasteiger partial charge in [-0.15, -0.1) is 5.54 Å². The summed E-state index contributed by atoms with van der Waals surface area (Å²) >= 11 is 0. The molecule has 6 rings (SSSR count). The van der Waals surface area contributed by atoms with Gasteiger partial charge in [0.2, 0.25) is 5.88 Å². The van der Waals surface area contributed by atoms with E-state index in [1.165, 1.54) is 16.7 Å². The molecule has 5 heterocycles. The Bertz CT molecular complexity index is 1830. The smallest absolute Gasteiger partial charge is 0.217 e. The van der Waals surface area contributed by atoms with E-state index in [4.69, 9.17) is 14.7 Å². The summed E-state index contributed by atoms with van der Waals surface area (Å²) in [5.74, 6) is 4.23. The van der Waals surface area contributed by atoms with Crippen LogP contribution in [0.1, 0.15) is 73.8 Å². The van der Waals surface area contributed by atoms with Crippen molar-refractivity contribution in [1.82, 2.24) is 24.5 Å². The number of fused-ring (bicyclic) bond motifs is 2. The summed E-state index contributed by atoms with van der Waals surface area (Å²) in [4.78, 5) is 18.9. The number of aromatic nitrogens is 5. The molecule has 7 heteroatoms. The van der Waals surface area contributed by atoms with Crippen molar-refractivity contribution in [3.05, 3.63) is 70.6 Å². The molecule has 1 atom stereocenters. The van der Waals surface area contributed by atoms with Crippen LogP contribution in [0.3, 0.4) is 0 Å². The van der Waals surface area contributed by atoms with Crippen molar-refractivity contribution in [1.29, 1.82) is 0 Å². The zero-order valence-corrected chi connectivity index (χ0v) is 27.4. The van der Waals surface area contributed by atoms with Crippen LogP contribution < -0.4 is 4.74 Å². The maximum atomic E-state index is 6.53. The number of hydrogen-bond acceptors (Lipinski definition) is 5. The summed E-state index contributed by atoms with van der Waals surface area (Å²) < 4.78 is 8.74. The maximum Gasteiger partial charge on any atom is 0.217 e. The lowest BCUT2D eigenvalue weighted by Crippen LogP contribution is -2.35. The van der Waals surface area contributed by atoms with Crippen LogP contribution in [-0.2, 0) is 13.5 Å². The fourth-order valence-corrected chi connectivity index (χ4v) is 6.85. The summed E-state index contributed by atoms with van der Waals surface area (Å²) in [6, 6.07) is 6.39. The largest absolute Gasteiger partial charge is 0.470 e. The van der Waals surface area contributed by atoms with Gasteiger partial charge in [-0.05, 0) is 61.9 Å². The molecule has 0 unspecified atom stereocenters. The summed E-state index contributed by atoms with van der Waals surface area (Å²) in [6.07, 6.45) is 9.66. The van der Waals surface area contributed by atoms with Crippen LogP contribution >= 0.6 is 0 Å². The minimum atomic E-state index is -1.73. The Morgan fingerprint density at radius 2 is 1.86 bits per heavy atom. The van der Waals surface area contributed by atoms with Gasteiger partial charge in [0.25, 0.3) is 0 Å². The highest BCUT2D eigenvalue weighted by Gasteiger charge is 2.42. The molecule has 4 aromatic rings. The molecule has 0 bridgehead atoms. The molecule has 0 radical (unpaired) electrons. The third kappa shape index (κ3) is 4.76.